The molecule has 2 fully saturated rings. The highest BCUT2D eigenvalue weighted by Crippen LogP contribution is 2.35. The number of ether oxygens (including phenoxy) is 1. The molecule has 2 aliphatic rings. The van der Waals surface area contributed by atoms with Gasteiger partial charge in [-0.1, -0.05) is 0 Å². The van der Waals surface area contributed by atoms with E-state index >= 15 is 0 Å². The Morgan fingerprint density at radius 1 is 1.47 bits per heavy atom. The second-order valence-corrected chi connectivity index (χ2v) is 6.28. The molecule has 1 heterocycles. The van der Waals surface area contributed by atoms with Gasteiger partial charge in [-0.15, -0.1) is 0 Å². The number of nitrogens with two attached hydrogens (primary N) is 1. The predicted octanol–water partition coefficient (Wildman–Crippen LogP) is 0.482. The monoisotopic (exact) mass is 269 g/mol. The third kappa shape index (κ3) is 3.09. The number of amides is 1. The van der Waals surface area contributed by atoms with Gasteiger partial charge in [0.05, 0.1) is 11.6 Å². The molecule has 0 radical (unpaired) electrons. The molecule has 3 unspecified atom stereocenters. The summed E-state index contributed by atoms with van der Waals surface area (Å²) in [4.78, 5) is 14.3. The Bertz CT molecular complexity index is 335. The first-order valence-corrected chi connectivity index (χ1v) is 7.31. The van der Waals surface area contributed by atoms with Crippen LogP contribution in [0.25, 0.3) is 0 Å². The molecule has 19 heavy (non-hydrogen) atoms. The summed E-state index contributed by atoms with van der Waals surface area (Å²) in [6.07, 6.45) is 4.16. The predicted molar refractivity (Wildman–Crippen MR) is 74.8 cm³/mol. The molecule has 1 aliphatic carbocycles. The van der Waals surface area contributed by atoms with Gasteiger partial charge in [0.1, 0.15) is 0 Å². The molecule has 0 aromatic rings. The first-order chi connectivity index (χ1) is 8.97. The van der Waals surface area contributed by atoms with Crippen molar-refractivity contribution >= 4 is 5.91 Å². The van der Waals surface area contributed by atoms with Gasteiger partial charge in [0.2, 0.25) is 5.91 Å². The van der Waals surface area contributed by atoms with Crippen molar-refractivity contribution in [1.29, 1.82) is 0 Å². The molecule has 1 saturated heterocycles. The summed E-state index contributed by atoms with van der Waals surface area (Å²) in [5.74, 6) is -0.203. The van der Waals surface area contributed by atoms with Gasteiger partial charge in [0.15, 0.2) is 0 Å². The Hall–Kier alpha value is -0.650. The Kier molecular flexibility index (Phi) is 4.48. The van der Waals surface area contributed by atoms with E-state index in [1.54, 1.807) is 7.11 Å². The van der Waals surface area contributed by atoms with Crippen molar-refractivity contribution < 1.29 is 9.53 Å². The van der Waals surface area contributed by atoms with Crippen LogP contribution in [0.15, 0.2) is 0 Å². The SMILES string of the molecule is COC1CCN(C2CCC(NC(C)C)(C(N)=O)C2)C1. The van der Waals surface area contributed by atoms with Crippen molar-refractivity contribution in [1.82, 2.24) is 10.2 Å². The molecule has 110 valence electrons. The molecule has 5 heteroatoms. The highest BCUT2D eigenvalue weighted by atomic mass is 16.5. The molecule has 1 amide bonds. The van der Waals surface area contributed by atoms with Crippen LogP contribution in [0.2, 0.25) is 0 Å². The van der Waals surface area contributed by atoms with E-state index < -0.39 is 5.54 Å². The number of likely N-dealkylation sites (tertiary alicyclic amines) is 1. The Balaban J connectivity index is 1.99. The topological polar surface area (TPSA) is 67.6 Å². The first kappa shape index (κ1) is 14.8. The third-order valence-corrected chi connectivity index (χ3v) is 4.55. The van der Waals surface area contributed by atoms with Gasteiger partial charge in [-0.05, 0) is 39.5 Å². The van der Waals surface area contributed by atoms with E-state index in [1.807, 2.05) is 0 Å². The number of primary amides is 1. The number of carbonyl (C=O) groups is 1. The van der Waals surface area contributed by atoms with Crippen LogP contribution in [-0.4, -0.2) is 54.7 Å². The van der Waals surface area contributed by atoms with Crippen LogP contribution >= 0.6 is 0 Å². The van der Waals surface area contributed by atoms with Gasteiger partial charge in [0, 0.05) is 32.3 Å². The minimum Gasteiger partial charge on any atom is -0.380 e. The molecule has 0 bridgehead atoms. The summed E-state index contributed by atoms with van der Waals surface area (Å²) in [7, 11) is 1.77. The van der Waals surface area contributed by atoms with E-state index in [0.29, 0.717) is 12.1 Å². The Labute approximate surface area is 115 Å². The van der Waals surface area contributed by atoms with Crippen LogP contribution in [-0.2, 0) is 9.53 Å². The number of rotatable bonds is 5. The lowest BCUT2D eigenvalue weighted by Crippen LogP contribution is -2.56. The standard InChI is InChI=1S/C14H27N3O2/c1-10(2)16-14(13(15)18)6-4-11(8-14)17-7-5-12(9-17)19-3/h10-12,16H,4-9H2,1-3H3,(H2,15,18). The zero-order valence-corrected chi connectivity index (χ0v) is 12.3. The second kappa shape index (κ2) is 5.77. The minimum absolute atomic E-state index is 0.203. The molecular formula is C14H27N3O2. The van der Waals surface area contributed by atoms with E-state index in [-0.39, 0.29) is 11.9 Å². The van der Waals surface area contributed by atoms with Gasteiger partial charge in [0.25, 0.3) is 0 Å². The largest absolute Gasteiger partial charge is 0.380 e. The van der Waals surface area contributed by atoms with Crippen molar-refractivity contribution in [2.24, 2.45) is 5.73 Å². The normalized spacial score (nSPS) is 36.2. The number of carbonyl (C=O) groups excluding carboxylic acids is 1. The lowest BCUT2D eigenvalue weighted by molar-refractivity contribution is -0.124. The third-order valence-electron chi connectivity index (χ3n) is 4.55. The maximum atomic E-state index is 11.9. The van der Waals surface area contributed by atoms with E-state index in [4.69, 9.17) is 10.5 Å². The molecule has 0 aromatic heterocycles. The quantitative estimate of drug-likeness (QED) is 0.762. The number of hydrogen-bond acceptors (Lipinski definition) is 4. The molecule has 0 spiro atoms. The lowest BCUT2D eigenvalue weighted by Gasteiger charge is -2.31. The average molecular weight is 269 g/mol. The summed E-state index contributed by atoms with van der Waals surface area (Å²) >= 11 is 0. The smallest absolute Gasteiger partial charge is 0.237 e. The van der Waals surface area contributed by atoms with Crippen LogP contribution < -0.4 is 11.1 Å². The minimum atomic E-state index is -0.510. The molecule has 1 saturated carbocycles. The fourth-order valence-corrected chi connectivity index (χ4v) is 3.59. The van der Waals surface area contributed by atoms with Crippen LogP contribution in [0.1, 0.15) is 39.5 Å². The van der Waals surface area contributed by atoms with Crippen molar-refractivity contribution in [3.63, 3.8) is 0 Å². The number of methoxy groups -OCH3 is 1. The van der Waals surface area contributed by atoms with E-state index in [9.17, 15) is 4.79 Å². The highest BCUT2D eigenvalue weighted by Gasteiger charge is 2.46. The van der Waals surface area contributed by atoms with Crippen molar-refractivity contribution in [3.8, 4) is 0 Å². The average Bonchev–Trinajstić information content (AvgIpc) is 2.94. The van der Waals surface area contributed by atoms with Crippen LogP contribution in [0, 0.1) is 0 Å². The first-order valence-electron chi connectivity index (χ1n) is 7.31. The number of hydrogen-bond donors (Lipinski definition) is 2. The number of nitrogens with one attached hydrogen (secondary N) is 1. The van der Waals surface area contributed by atoms with Crippen LogP contribution in [0.5, 0.6) is 0 Å². The van der Waals surface area contributed by atoms with Gasteiger partial charge in [-0.3, -0.25) is 9.69 Å². The maximum absolute atomic E-state index is 11.9. The Morgan fingerprint density at radius 2 is 2.21 bits per heavy atom. The number of nitrogens with zero attached hydrogens (tertiary/aromatic N) is 1. The molecule has 3 atom stereocenters. The van der Waals surface area contributed by atoms with E-state index in [1.165, 1.54) is 0 Å². The Morgan fingerprint density at radius 3 is 2.74 bits per heavy atom. The lowest BCUT2D eigenvalue weighted by atomic mass is 9.95. The van der Waals surface area contributed by atoms with Gasteiger partial charge >= 0.3 is 0 Å². The fourth-order valence-electron chi connectivity index (χ4n) is 3.59. The zero-order chi connectivity index (χ0) is 14.0. The summed E-state index contributed by atoms with van der Waals surface area (Å²) in [6.45, 7) is 6.18. The van der Waals surface area contributed by atoms with Gasteiger partial charge < -0.3 is 15.8 Å². The molecule has 0 aromatic carbocycles. The zero-order valence-electron chi connectivity index (χ0n) is 12.3. The second-order valence-electron chi connectivity index (χ2n) is 6.28. The van der Waals surface area contributed by atoms with Gasteiger partial charge in [-0.25, -0.2) is 0 Å². The van der Waals surface area contributed by atoms with Crippen molar-refractivity contribution in [2.75, 3.05) is 20.2 Å². The highest BCUT2D eigenvalue weighted by molar-refractivity contribution is 5.85. The molecule has 1 aliphatic heterocycles. The fraction of sp³-hybridized carbons (Fsp3) is 0.929. The summed E-state index contributed by atoms with van der Waals surface area (Å²) in [6, 6.07) is 0.732. The molecule has 5 nitrogen and oxygen atoms in total. The van der Waals surface area contributed by atoms with Crippen LogP contribution in [0.4, 0.5) is 0 Å². The summed E-state index contributed by atoms with van der Waals surface area (Å²) < 4.78 is 5.42. The van der Waals surface area contributed by atoms with E-state index in [2.05, 4.69) is 24.1 Å². The van der Waals surface area contributed by atoms with E-state index in [0.717, 1.165) is 38.8 Å². The molecule has 3 N–H and O–H groups in total. The maximum Gasteiger partial charge on any atom is 0.237 e. The van der Waals surface area contributed by atoms with Crippen molar-refractivity contribution in [2.45, 2.75) is 63.3 Å². The molecular weight excluding hydrogens is 242 g/mol. The van der Waals surface area contributed by atoms with Crippen molar-refractivity contribution in [3.05, 3.63) is 0 Å². The molecule has 2 rings (SSSR count). The van der Waals surface area contributed by atoms with Crippen LogP contribution in [0.3, 0.4) is 0 Å². The summed E-state index contributed by atoms with van der Waals surface area (Å²) in [5, 5.41) is 3.40. The van der Waals surface area contributed by atoms with Gasteiger partial charge in [-0.2, -0.15) is 0 Å². The summed E-state index contributed by atoms with van der Waals surface area (Å²) in [5.41, 5.74) is 5.14.